The monoisotopic (exact) mass is 441 g/mol. The quantitative estimate of drug-likeness (QED) is 0.511. The molecule has 0 radical (unpaired) electrons. The molecule has 142 valence electrons. The van der Waals surface area contributed by atoms with Gasteiger partial charge in [0.15, 0.2) is 0 Å². The van der Waals surface area contributed by atoms with Gasteiger partial charge >= 0.3 is 6.03 Å². The molecule has 0 fully saturated rings. The summed E-state index contributed by atoms with van der Waals surface area (Å²) in [6, 6.07) is 20.0. The highest BCUT2D eigenvalue weighted by Gasteiger charge is 2.11. The van der Waals surface area contributed by atoms with Crippen LogP contribution in [0.5, 0.6) is 0 Å². The number of carbonyl (C=O) groups is 2. The Balaban J connectivity index is 1.58. The normalized spacial score (nSPS) is 10.2. The van der Waals surface area contributed by atoms with E-state index in [2.05, 4.69) is 31.9 Å². The lowest BCUT2D eigenvalue weighted by Crippen LogP contribution is -2.24. The van der Waals surface area contributed by atoms with E-state index in [-0.39, 0.29) is 18.1 Å². The molecule has 3 aromatic carbocycles. The molecule has 0 aliphatic rings. The van der Waals surface area contributed by atoms with E-state index in [1.807, 2.05) is 18.2 Å². The maximum absolute atomic E-state index is 13.9. The van der Waals surface area contributed by atoms with E-state index in [1.165, 1.54) is 12.1 Å². The molecule has 5 nitrogen and oxygen atoms in total. The number of urea groups is 1. The van der Waals surface area contributed by atoms with Crippen LogP contribution in [0.4, 0.5) is 20.6 Å². The fraction of sp³-hybridized carbons (Fsp3) is 0.0476. The van der Waals surface area contributed by atoms with Gasteiger partial charge in [0.2, 0.25) is 0 Å². The van der Waals surface area contributed by atoms with Crippen molar-refractivity contribution in [2.24, 2.45) is 0 Å². The van der Waals surface area contributed by atoms with Gasteiger partial charge in [-0.1, -0.05) is 46.3 Å². The molecule has 0 heterocycles. The molecule has 0 aliphatic carbocycles. The molecule has 7 heteroatoms. The van der Waals surface area contributed by atoms with Gasteiger partial charge in [0.25, 0.3) is 5.91 Å². The predicted molar refractivity (Wildman–Crippen MR) is 111 cm³/mol. The van der Waals surface area contributed by atoms with Gasteiger partial charge in [-0.05, 0) is 48.0 Å². The van der Waals surface area contributed by atoms with Crippen LogP contribution in [0.2, 0.25) is 0 Å². The zero-order valence-corrected chi connectivity index (χ0v) is 16.3. The molecule has 0 spiro atoms. The van der Waals surface area contributed by atoms with Crippen LogP contribution in [0, 0.1) is 5.82 Å². The lowest BCUT2D eigenvalue weighted by Gasteiger charge is -2.10. The number of halogens is 2. The Morgan fingerprint density at radius 3 is 2.32 bits per heavy atom. The molecule has 0 aliphatic heterocycles. The second kappa shape index (κ2) is 9.14. The summed E-state index contributed by atoms with van der Waals surface area (Å²) in [7, 11) is 0. The largest absolute Gasteiger partial charge is 0.348 e. The van der Waals surface area contributed by atoms with Crippen molar-refractivity contribution >= 4 is 39.2 Å². The Bertz CT molecular complexity index is 996. The number of anilines is 2. The van der Waals surface area contributed by atoms with Gasteiger partial charge in [-0.2, -0.15) is 0 Å². The van der Waals surface area contributed by atoms with E-state index >= 15 is 0 Å². The molecule has 0 saturated carbocycles. The average Bonchev–Trinajstić information content (AvgIpc) is 2.67. The lowest BCUT2D eigenvalue weighted by atomic mass is 10.1. The zero-order valence-electron chi connectivity index (χ0n) is 14.7. The van der Waals surface area contributed by atoms with Crippen LogP contribution in [-0.2, 0) is 6.54 Å². The van der Waals surface area contributed by atoms with Gasteiger partial charge in [0.1, 0.15) is 5.82 Å². The smallest absolute Gasteiger partial charge is 0.323 e. The fourth-order valence-electron chi connectivity index (χ4n) is 2.53. The number of benzene rings is 3. The van der Waals surface area contributed by atoms with Gasteiger partial charge < -0.3 is 16.0 Å². The van der Waals surface area contributed by atoms with Crippen LogP contribution in [0.1, 0.15) is 15.9 Å². The summed E-state index contributed by atoms with van der Waals surface area (Å²) in [6.07, 6.45) is 0. The summed E-state index contributed by atoms with van der Waals surface area (Å²) >= 11 is 3.16. The fourth-order valence-corrected chi connectivity index (χ4v) is 2.86. The van der Waals surface area contributed by atoms with Crippen molar-refractivity contribution in [3.63, 3.8) is 0 Å². The van der Waals surface area contributed by atoms with Gasteiger partial charge in [0.05, 0.1) is 5.56 Å². The van der Waals surface area contributed by atoms with Gasteiger partial charge in [-0.25, -0.2) is 9.18 Å². The Hall–Kier alpha value is -3.19. The molecular weight excluding hydrogens is 425 g/mol. The van der Waals surface area contributed by atoms with Crippen LogP contribution in [0.15, 0.2) is 77.3 Å². The highest BCUT2D eigenvalue weighted by molar-refractivity contribution is 9.10. The van der Waals surface area contributed by atoms with E-state index < -0.39 is 11.7 Å². The summed E-state index contributed by atoms with van der Waals surface area (Å²) < 4.78 is 14.4. The second-order valence-corrected chi connectivity index (χ2v) is 6.87. The van der Waals surface area contributed by atoms with Crippen LogP contribution in [-0.4, -0.2) is 11.9 Å². The minimum atomic E-state index is -0.597. The maximum Gasteiger partial charge on any atom is 0.323 e. The highest BCUT2D eigenvalue weighted by atomic mass is 79.9. The van der Waals surface area contributed by atoms with E-state index in [9.17, 15) is 14.0 Å². The van der Waals surface area contributed by atoms with E-state index in [0.29, 0.717) is 15.8 Å². The summed E-state index contributed by atoms with van der Waals surface area (Å²) in [4.78, 5) is 24.2. The van der Waals surface area contributed by atoms with Crippen molar-refractivity contribution in [1.29, 1.82) is 0 Å². The molecule has 3 amide bonds. The zero-order chi connectivity index (χ0) is 19.9. The lowest BCUT2D eigenvalue weighted by molar-refractivity contribution is 0.0947. The number of para-hydroxylation sites is 1. The SMILES string of the molecule is O=C(Nc1ccccc1)Nc1cccc(CNC(=O)c2ccc(Br)cc2F)c1. The van der Waals surface area contributed by atoms with Gasteiger partial charge in [0, 0.05) is 22.4 Å². The van der Waals surface area contributed by atoms with Crippen molar-refractivity contribution in [2.45, 2.75) is 6.54 Å². The summed E-state index contributed by atoms with van der Waals surface area (Å²) in [5, 5.41) is 8.14. The summed E-state index contributed by atoms with van der Waals surface area (Å²) in [5.74, 6) is -1.11. The number of rotatable bonds is 5. The molecule has 3 aromatic rings. The first kappa shape index (κ1) is 19.6. The number of carbonyl (C=O) groups excluding carboxylic acids is 2. The van der Waals surface area contributed by atoms with Crippen LogP contribution >= 0.6 is 15.9 Å². The minimum Gasteiger partial charge on any atom is -0.348 e. The Kier molecular flexibility index (Phi) is 6.39. The van der Waals surface area contributed by atoms with Crippen molar-refractivity contribution < 1.29 is 14.0 Å². The molecule has 0 unspecified atom stereocenters. The Morgan fingerprint density at radius 2 is 1.57 bits per heavy atom. The number of hydrogen-bond donors (Lipinski definition) is 3. The molecule has 0 aromatic heterocycles. The van der Waals surface area contributed by atoms with Crippen LogP contribution < -0.4 is 16.0 Å². The third-order valence-electron chi connectivity index (χ3n) is 3.85. The first-order valence-electron chi connectivity index (χ1n) is 8.46. The van der Waals surface area contributed by atoms with Crippen molar-refractivity contribution in [1.82, 2.24) is 5.32 Å². The second-order valence-electron chi connectivity index (χ2n) is 5.95. The van der Waals surface area contributed by atoms with E-state index in [1.54, 1.807) is 42.5 Å². The molecule has 0 saturated heterocycles. The first-order chi connectivity index (χ1) is 13.5. The highest BCUT2D eigenvalue weighted by Crippen LogP contribution is 2.16. The number of hydrogen-bond acceptors (Lipinski definition) is 2. The standard InChI is InChI=1S/C21H17BrFN3O2/c22-15-9-10-18(19(23)12-15)20(27)24-13-14-5-4-8-17(11-14)26-21(28)25-16-6-2-1-3-7-16/h1-12H,13H2,(H,24,27)(H2,25,26,28). The van der Waals surface area contributed by atoms with Crippen LogP contribution in [0.25, 0.3) is 0 Å². The Labute approximate surface area is 170 Å². The molecular formula is C21H17BrFN3O2. The van der Waals surface area contributed by atoms with E-state index in [4.69, 9.17) is 0 Å². The molecule has 0 bridgehead atoms. The summed E-state index contributed by atoms with van der Waals surface area (Å²) in [6.45, 7) is 0.199. The van der Waals surface area contributed by atoms with E-state index in [0.717, 1.165) is 5.56 Å². The van der Waals surface area contributed by atoms with Crippen molar-refractivity contribution in [3.8, 4) is 0 Å². The molecule has 0 atom stereocenters. The topological polar surface area (TPSA) is 70.2 Å². The minimum absolute atomic E-state index is 0.0280. The molecule has 3 rings (SSSR count). The van der Waals surface area contributed by atoms with Gasteiger partial charge in [-0.15, -0.1) is 0 Å². The first-order valence-corrected chi connectivity index (χ1v) is 9.26. The summed E-state index contributed by atoms with van der Waals surface area (Å²) in [5.41, 5.74) is 2.00. The predicted octanol–water partition coefficient (Wildman–Crippen LogP) is 5.16. The molecule has 3 N–H and O–H groups in total. The van der Waals surface area contributed by atoms with Crippen molar-refractivity contribution in [3.05, 3.63) is 94.2 Å². The van der Waals surface area contributed by atoms with Gasteiger partial charge in [-0.3, -0.25) is 4.79 Å². The average molecular weight is 442 g/mol. The molecule has 28 heavy (non-hydrogen) atoms. The Morgan fingerprint density at radius 1 is 0.857 bits per heavy atom. The third-order valence-corrected chi connectivity index (χ3v) is 4.34. The van der Waals surface area contributed by atoms with Crippen LogP contribution in [0.3, 0.4) is 0 Å². The van der Waals surface area contributed by atoms with Crippen molar-refractivity contribution in [2.75, 3.05) is 10.6 Å². The number of nitrogens with one attached hydrogen (secondary N) is 3. The third kappa shape index (κ3) is 5.40. The number of amides is 3. The maximum atomic E-state index is 13.9.